The predicted octanol–water partition coefficient (Wildman–Crippen LogP) is 6.07. The van der Waals surface area contributed by atoms with Gasteiger partial charge in [0, 0.05) is 11.6 Å². The van der Waals surface area contributed by atoms with E-state index in [4.69, 9.17) is 9.73 Å². The van der Waals surface area contributed by atoms with E-state index in [1.54, 1.807) is 47.0 Å². The van der Waals surface area contributed by atoms with Gasteiger partial charge in [-0.2, -0.15) is 0 Å². The summed E-state index contributed by atoms with van der Waals surface area (Å²) in [5.41, 5.74) is 4.18. The molecule has 2 heterocycles. The summed E-state index contributed by atoms with van der Waals surface area (Å²) in [5, 5.41) is 22.7. The first kappa shape index (κ1) is 28.0. The zero-order valence-electron chi connectivity index (χ0n) is 23.3. The van der Waals surface area contributed by atoms with Gasteiger partial charge in [-0.15, -0.1) is 0 Å². The van der Waals surface area contributed by atoms with E-state index in [0.717, 1.165) is 41.0 Å². The molecule has 0 fully saturated rings. The molecule has 0 N–H and O–H groups in total. The fourth-order valence-corrected chi connectivity index (χ4v) is 6.76. The Morgan fingerprint density at radius 3 is 2.51 bits per heavy atom. The van der Waals surface area contributed by atoms with Gasteiger partial charge in [0.05, 0.1) is 32.2 Å². The molecule has 1 aliphatic carbocycles. The van der Waals surface area contributed by atoms with Gasteiger partial charge >= 0.3 is 5.69 Å². The van der Waals surface area contributed by atoms with E-state index in [1.165, 1.54) is 35.1 Å². The summed E-state index contributed by atoms with van der Waals surface area (Å²) >= 11 is 1.24. The number of thiazole rings is 1. The third-order valence-electron chi connectivity index (χ3n) is 7.79. The first-order valence-corrected chi connectivity index (χ1v) is 14.7. The van der Waals surface area contributed by atoms with Crippen LogP contribution in [0.4, 0.5) is 15.8 Å². The second-order valence-corrected chi connectivity index (χ2v) is 11.5. The third-order valence-corrected chi connectivity index (χ3v) is 8.78. The molecule has 0 saturated carbocycles. The van der Waals surface area contributed by atoms with Crippen molar-refractivity contribution in [1.82, 2.24) is 4.57 Å². The van der Waals surface area contributed by atoms with E-state index in [-0.39, 0.29) is 22.9 Å². The van der Waals surface area contributed by atoms with Crippen molar-refractivity contribution in [3.63, 3.8) is 0 Å². The van der Waals surface area contributed by atoms with E-state index in [2.05, 4.69) is 6.07 Å². The molecule has 1 aliphatic heterocycles. The minimum atomic E-state index is -0.748. The molecule has 1 atom stereocenters. The van der Waals surface area contributed by atoms with Gasteiger partial charge in [-0.25, -0.2) is 9.38 Å². The van der Waals surface area contributed by atoms with Crippen LogP contribution in [0.15, 0.2) is 106 Å². The summed E-state index contributed by atoms with van der Waals surface area (Å²) in [6.45, 7) is 0. The zero-order chi connectivity index (χ0) is 31.2. The zero-order valence-corrected chi connectivity index (χ0v) is 24.1. The van der Waals surface area contributed by atoms with Crippen LogP contribution in [-0.2, 0) is 6.42 Å². The fourth-order valence-electron chi connectivity index (χ4n) is 5.76. The molecule has 4 aromatic carbocycles. The van der Waals surface area contributed by atoms with Crippen LogP contribution in [0.3, 0.4) is 0 Å². The van der Waals surface area contributed by atoms with Gasteiger partial charge in [0.25, 0.3) is 11.2 Å². The van der Waals surface area contributed by atoms with Crippen molar-refractivity contribution in [2.24, 2.45) is 4.99 Å². The monoisotopic (exact) mass is 620 g/mol. The lowest BCUT2D eigenvalue weighted by Crippen LogP contribution is -2.38. The molecule has 1 unspecified atom stereocenters. The van der Waals surface area contributed by atoms with Crippen LogP contribution in [0.2, 0.25) is 0 Å². The fraction of sp³-hybridized carbons (Fsp3) is 0.0909. The highest BCUT2D eigenvalue weighted by atomic mass is 32.1. The van der Waals surface area contributed by atoms with Crippen LogP contribution >= 0.6 is 11.3 Å². The first-order chi connectivity index (χ1) is 21.8. The molecule has 0 amide bonds. The standard InChI is InChI=1S/C33H21FN4O6S/c34-22-11-8-21(9-12-22)31-26-14-10-20-5-1-2-7-25(20)30(26)35-33-36(31)32(39)29(45-33)17-19-4-3-6-24(16-19)44-28-15-13-23(37(40)41)18-27(28)38(42)43/h1-9,11-13,15-18,31H,10,14H2. The van der Waals surface area contributed by atoms with Gasteiger partial charge in [-0.1, -0.05) is 59.9 Å². The molecule has 5 aromatic rings. The molecule has 2 aliphatic rings. The molecule has 0 radical (unpaired) electrons. The van der Waals surface area contributed by atoms with Crippen molar-refractivity contribution in [3.05, 3.63) is 165 Å². The summed E-state index contributed by atoms with van der Waals surface area (Å²) < 4.78 is 21.7. The van der Waals surface area contributed by atoms with Crippen LogP contribution in [0.1, 0.15) is 34.7 Å². The summed E-state index contributed by atoms with van der Waals surface area (Å²) in [6, 6.07) is 23.6. The molecule has 1 aromatic heterocycles. The van der Waals surface area contributed by atoms with Gasteiger partial charge in [0.1, 0.15) is 11.6 Å². The molecular weight excluding hydrogens is 599 g/mol. The van der Waals surface area contributed by atoms with E-state index in [0.29, 0.717) is 21.3 Å². The number of rotatable bonds is 6. The molecule has 7 rings (SSSR count). The number of non-ortho nitro benzene ring substituents is 1. The molecular formula is C33H21FN4O6S. The van der Waals surface area contributed by atoms with E-state index >= 15 is 0 Å². The summed E-state index contributed by atoms with van der Waals surface area (Å²) in [7, 11) is 0. The van der Waals surface area contributed by atoms with Gasteiger partial charge < -0.3 is 4.74 Å². The summed E-state index contributed by atoms with van der Waals surface area (Å²) in [4.78, 5) is 40.7. The van der Waals surface area contributed by atoms with Gasteiger partial charge in [-0.3, -0.25) is 29.6 Å². The highest BCUT2D eigenvalue weighted by molar-refractivity contribution is 7.07. The van der Waals surface area contributed by atoms with E-state index < -0.39 is 27.3 Å². The Morgan fingerprint density at radius 1 is 0.933 bits per heavy atom. The normalized spacial score (nSPS) is 15.5. The van der Waals surface area contributed by atoms with Crippen molar-refractivity contribution in [1.29, 1.82) is 0 Å². The first-order valence-electron chi connectivity index (χ1n) is 13.9. The van der Waals surface area contributed by atoms with Crippen molar-refractivity contribution in [3.8, 4) is 11.5 Å². The SMILES string of the molecule is O=c1c(=Cc2cccc(Oc3ccc([N+](=O)[O-])cc3[N+](=O)[O-])c2)sc2n1C(c1ccc(F)cc1)C1=C(N=2)c2ccccc2CC1. The Morgan fingerprint density at radius 2 is 1.73 bits per heavy atom. The number of allylic oxidation sites excluding steroid dienone is 1. The maximum atomic E-state index is 14.0. The average Bonchev–Trinajstić information content (AvgIpc) is 3.34. The number of fused-ring (bicyclic) bond motifs is 3. The minimum absolute atomic E-state index is 0.160. The second kappa shape index (κ2) is 11.1. The van der Waals surface area contributed by atoms with Crippen LogP contribution in [0.25, 0.3) is 11.8 Å². The van der Waals surface area contributed by atoms with E-state index in [1.807, 2.05) is 18.2 Å². The largest absolute Gasteiger partial charge is 0.450 e. The Bertz CT molecular complexity index is 2260. The number of ether oxygens (including phenoxy) is 1. The molecule has 45 heavy (non-hydrogen) atoms. The number of benzene rings is 4. The van der Waals surface area contributed by atoms with E-state index in [9.17, 15) is 29.4 Å². The van der Waals surface area contributed by atoms with Crippen LogP contribution in [0, 0.1) is 26.0 Å². The van der Waals surface area contributed by atoms with Crippen LogP contribution < -0.4 is 19.6 Å². The average molecular weight is 621 g/mol. The lowest BCUT2D eigenvalue weighted by atomic mass is 9.83. The van der Waals surface area contributed by atoms with Crippen molar-refractivity contribution < 1.29 is 19.0 Å². The molecule has 222 valence electrons. The lowest BCUT2D eigenvalue weighted by Gasteiger charge is -2.30. The molecule has 0 saturated heterocycles. The quantitative estimate of drug-likeness (QED) is 0.167. The van der Waals surface area contributed by atoms with Gasteiger partial charge in [-0.05, 0) is 71.5 Å². The highest BCUT2D eigenvalue weighted by Gasteiger charge is 2.32. The van der Waals surface area contributed by atoms with Crippen LogP contribution in [-0.4, -0.2) is 14.4 Å². The third kappa shape index (κ3) is 5.10. The number of aryl methyl sites for hydroxylation is 1. The topological polar surface area (TPSA) is 130 Å². The summed E-state index contributed by atoms with van der Waals surface area (Å²) in [5.74, 6) is -0.285. The maximum Gasteiger partial charge on any atom is 0.318 e. The lowest BCUT2D eigenvalue weighted by molar-refractivity contribution is -0.394. The minimum Gasteiger partial charge on any atom is -0.450 e. The highest BCUT2D eigenvalue weighted by Crippen LogP contribution is 2.41. The predicted molar refractivity (Wildman–Crippen MR) is 165 cm³/mol. The van der Waals surface area contributed by atoms with Crippen LogP contribution in [0.5, 0.6) is 11.5 Å². The molecule has 0 spiro atoms. The molecule has 12 heteroatoms. The molecule has 10 nitrogen and oxygen atoms in total. The van der Waals surface area contributed by atoms with Crippen molar-refractivity contribution in [2.75, 3.05) is 0 Å². The maximum absolute atomic E-state index is 14.0. The Hall–Kier alpha value is -5.75. The van der Waals surface area contributed by atoms with Gasteiger partial charge in [0.15, 0.2) is 4.80 Å². The van der Waals surface area contributed by atoms with Gasteiger partial charge in [0.2, 0.25) is 5.75 Å². The Kier molecular flexibility index (Phi) is 6.90. The number of hydrogen-bond acceptors (Lipinski definition) is 8. The number of nitro groups is 2. The molecule has 0 bridgehead atoms. The second-order valence-electron chi connectivity index (χ2n) is 10.5. The smallest absolute Gasteiger partial charge is 0.318 e. The number of nitro benzene ring substituents is 2. The van der Waals surface area contributed by atoms with Crippen molar-refractivity contribution in [2.45, 2.75) is 18.9 Å². The van der Waals surface area contributed by atoms with Crippen molar-refractivity contribution >= 4 is 34.5 Å². The Balaban J connectivity index is 1.32. The summed E-state index contributed by atoms with van der Waals surface area (Å²) in [6.07, 6.45) is 3.20. The number of hydrogen-bond donors (Lipinski definition) is 0. The number of nitrogens with zero attached hydrogens (tertiary/aromatic N) is 4. The number of aromatic nitrogens is 1. The number of halogens is 1. The Labute approximate surface area is 257 Å².